The van der Waals surface area contributed by atoms with E-state index in [2.05, 4.69) is 20.8 Å². The van der Waals surface area contributed by atoms with E-state index in [1.807, 2.05) is 0 Å². The van der Waals surface area contributed by atoms with Crippen molar-refractivity contribution >= 4 is 5.91 Å². The van der Waals surface area contributed by atoms with Crippen molar-refractivity contribution in [3.8, 4) is 0 Å². The monoisotopic (exact) mass is 179 g/mol. The largest absolute Gasteiger partial charge is 1.00 e. The first kappa shape index (κ1) is 13.5. The van der Waals surface area contributed by atoms with E-state index in [0.717, 1.165) is 19.6 Å². The van der Waals surface area contributed by atoms with Crippen LogP contribution in [-0.4, -0.2) is 30.0 Å². The molecule has 0 spiro atoms. The van der Waals surface area contributed by atoms with Crippen LogP contribution in [0.25, 0.3) is 0 Å². The van der Waals surface area contributed by atoms with Gasteiger partial charge in [-0.05, 0) is 20.8 Å². The summed E-state index contributed by atoms with van der Waals surface area (Å²) >= 11 is 0. The summed E-state index contributed by atoms with van der Waals surface area (Å²) in [4.78, 5) is 11.1. The molecule has 0 saturated heterocycles. The summed E-state index contributed by atoms with van der Waals surface area (Å²) < 4.78 is 0.625. The molecule has 0 aromatic rings. The van der Waals surface area contributed by atoms with Crippen LogP contribution in [0.1, 0.15) is 27.7 Å². The minimum atomic E-state index is 0. The van der Waals surface area contributed by atoms with E-state index in [-0.39, 0.29) is 18.3 Å². The fourth-order valence-corrected chi connectivity index (χ4v) is 1.34. The second-order valence-electron chi connectivity index (χ2n) is 2.61. The van der Waals surface area contributed by atoms with Crippen molar-refractivity contribution in [2.24, 2.45) is 0 Å². The predicted molar refractivity (Wildman–Crippen MR) is 42.6 cm³/mol. The number of hydrogen-bond donors (Lipinski definition) is 0. The average Bonchev–Trinajstić information content (AvgIpc) is 1.92. The number of quaternary nitrogens is 1. The van der Waals surface area contributed by atoms with Crippen molar-refractivity contribution in [3.63, 3.8) is 0 Å². The van der Waals surface area contributed by atoms with Gasteiger partial charge in [0.1, 0.15) is 0 Å². The summed E-state index contributed by atoms with van der Waals surface area (Å²) in [5.74, 6) is 0.285. The van der Waals surface area contributed by atoms with Crippen LogP contribution in [0.4, 0.5) is 0 Å². The Hall–Kier alpha value is -0.0800. The van der Waals surface area contributed by atoms with Gasteiger partial charge in [0.15, 0.2) is 0 Å². The molecule has 0 aliphatic heterocycles. The summed E-state index contributed by atoms with van der Waals surface area (Å²) in [5, 5.41) is 0. The number of amides is 1. The third kappa shape index (κ3) is 2.80. The molecular weight excluding hydrogens is 162 g/mol. The molecule has 1 amide bonds. The molecule has 0 aliphatic carbocycles. The van der Waals surface area contributed by atoms with Crippen molar-refractivity contribution in [2.75, 3.05) is 19.6 Å². The van der Waals surface area contributed by atoms with Crippen LogP contribution in [0, 0.1) is 0 Å². The summed E-state index contributed by atoms with van der Waals surface area (Å²) in [6.45, 7) is 10.6. The summed E-state index contributed by atoms with van der Waals surface area (Å²) in [6, 6.07) is 0. The number of hydrogen-bond acceptors (Lipinski definition) is 1. The summed E-state index contributed by atoms with van der Waals surface area (Å²) in [7, 11) is 0. The van der Waals surface area contributed by atoms with Crippen molar-refractivity contribution in [2.45, 2.75) is 27.7 Å². The molecule has 0 radical (unpaired) electrons. The molecule has 0 rings (SSSR count). The zero-order chi connectivity index (χ0) is 8.20. The number of nitrogens with zero attached hydrogens (tertiary/aromatic N) is 1. The zero-order valence-corrected chi connectivity index (χ0v) is 8.61. The fourth-order valence-electron chi connectivity index (χ4n) is 1.34. The molecule has 0 saturated carbocycles. The van der Waals surface area contributed by atoms with Crippen LogP contribution in [0.3, 0.4) is 0 Å². The van der Waals surface area contributed by atoms with Crippen molar-refractivity contribution in [1.82, 2.24) is 0 Å². The number of carbonyl (C=O) groups excluding carboxylic acids is 1. The first-order chi connectivity index (χ1) is 4.63. The van der Waals surface area contributed by atoms with E-state index in [4.69, 9.17) is 0 Å². The lowest BCUT2D eigenvalue weighted by atomic mass is 10.3. The molecule has 0 fully saturated rings. The highest BCUT2D eigenvalue weighted by Gasteiger charge is 2.26. The quantitative estimate of drug-likeness (QED) is 0.478. The van der Waals surface area contributed by atoms with Gasteiger partial charge < -0.3 is 12.4 Å². The highest BCUT2D eigenvalue weighted by Crippen LogP contribution is 2.05. The van der Waals surface area contributed by atoms with Gasteiger partial charge >= 0.3 is 5.91 Å². The Morgan fingerprint density at radius 2 is 1.36 bits per heavy atom. The first-order valence-corrected chi connectivity index (χ1v) is 4.00. The van der Waals surface area contributed by atoms with Gasteiger partial charge in [-0.1, -0.05) is 0 Å². The van der Waals surface area contributed by atoms with Crippen LogP contribution in [0.2, 0.25) is 0 Å². The molecule has 68 valence electrons. The Morgan fingerprint density at radius 3 is 1.36 bits per heavy atom. The SMILES string of the molecule is CC[N+](CC)(CC)C(C)=O.[Cl-]. The Labute approximate surface area is 75.6 Å². The predicted octanol–water partition coefficient (Wildman–Crippen LogP) is -1.59. The number of rotatable bonds is 3. The molecule has 0 aromatic carbocycles. The normalized spacial score (nSPS) is 10.5. The molecule has 2 nitrogen and oxygen atoms in total. The molecule has 3 heteroatoms. The van der Waals surface area contributed by atoms with E-state index in [0.29, 0.717) is 4.48 Å². The number of carbonyl (C=O) groups is 1. The van der Waals surface area contributed by atoms with E-state index in [9.17, 15) is 4.79 Å². The molecule has 0 heterocycles. The van der Waals surface area contributed by atoms with E-state index < -0.39 is 0 Å². The minimum absolute atomic E-state index is 0. The molecule has 0 bridgehead atoms. The Bertz CT molecular complexity index is 113. The first-order valence-electron chi connectivity index (χ1n) is 4.00. The van der Waals surface area contributed by atoms with Crippen LogP contribution in [-0.2, 0) is 4.79 Å². The van der Waals surface area contributed by atoms with Gasteiger partial charge in [-0.3, -0.25) is 4.48 Å². The molecule has 0 aromatic heterocycles. The Kier molecular flexibility index (Phi) is 6.82. The zero-order valence-electron chi connectivity index (χ0n) is 7.85. The van der Waals surface area contributed by atoms with Gasteiger partial charge in [-0.2, -0.15) is 0 Å². The van der Waals surface area contributed by atoms with Gasteiger partial charge in [0.2, 0.25) is 0 Å². The van der Waals surface area contributed by atoms with Gasteiger partial charge in [0, 0.05) is 0 Å². The maximum absolute atomic E-state index is 11.1. The minimum Gasteiger partial charge on any atom is -1.00 e. The van der Waals surface area contributed by atoms with E-state index in [1.165, 1.54) is 0 Å². The van der Waals surface area contributed by atoms with Gasteiger partial charge in [0.05, 0.1) is 26.6 Å². The lowest BCUT2D eigenvalue weighted by molar-refractivity contribution is -0.848. The molecule has 11 heavy (non-hydrogen) atoms. The third-order valence-corrected chi connectivity index (χ3v) is 2.48. The smallest absolute Gasteiger partial charge is 0.310 e. The fraction of sp³-hybridized carbons (Fsp3) is 0.875. The van der Waals surface area contributed by atoms with Crippen LogP contribution >= 0.6 is 0 Å². The summed E-state index contributed by atoms with van der Waals surface area (Å²) in [6.07, 6.45) is 0. The Balaban J connectivity index is 0. The standard InChI is InChI=1S/C8H18NO.ClH/c1-5-9(6-2,7-3)8(4)10;/h5-7H2,1-4H3;1H/q+1;/p-1. The van der Waals surface area contributed by atoms with Crippen molar-refractivity contribution in [3.05, 3.63) is 0 Å². The second-order valence-corrected chi connectivity index (χ2v) is 2.61. The van der Waals surface area contributed by atoms with Crippen molar-refractivity contribution in [1.29, 1.82) is 0 Å². The van der Waals surface area contributed by atoms with Crippen LogP contribution in [0.15, 0.2) is 0 Å². The Morgan fingerprint density at radius 1 is 1.09 bits per heavy atom. The second kappa shape index (κ2) is 5.56. The highest BCUT2D eigenvalue weighted by molar-refractivity contribution is 5.65. The third-order valence-electron chi connectivity index (χ3n) is 2.48. The highest BCUT2D eigenvalue weighted by atomic mass is 35.5. The molecule has 0 atom stereocenters. The molecular formula is C8H18ClNO. The van der Waals surface area contributed by atoms with Gasteiger partial charge in [-0.25, -0.2) is 4.79 Å². The van der Waals surface area contributed by atoms with Crippen molar-refractivity contribution < 1.29 is 21.7 Å². The summed E-state index contributed by atoms with van der Waals surface area (Å²) in [5.41, 5.74) is 0. The van der Waals surface area contributed by atoms with Crippen LogP contribution in [0.5, 0.6) is 0 Å². The molecule has 0 N–H and O–H groups in total. The average molecular weight is 180 g/mol. The molecule has 0 aliphatic rings. The van der Waals surface area contributed by atoms with Crippen LogP contribution < -0.4 is 12.4 Å². The van der Waals surface area contributed by atoms with E-state index in [1.54, 1.807) is 6.92 Å². The number of halogens is 1. The van der Waals surface area contributed by atoms with Gasteiger partial charge in [0.25, 0.3) is 0 Å². The van der Waals surface area contributed by atoms with E-state index >= 15 is 0 Å². The molecule has 0 unspecified atom stereocenters. The lowest BCUT2D eigenvalue weighted by Gasteiger charge is -2.31. The lowest BCUT2D eigenvalue weighted by Crippen LogP contribution is -3.00. The maximum Gasteiger partial charge on any atom is 0.310 e. The maximum atomic E-state index is 11.1. The topological polar surface area (TPSA) is 17.1 Å². The van der Waals surface area contributed by atoms with Gasteiger partial charge in [-0.15, -0.1) is 0 Å².